The molecule has 0 spiro atoms. The van der Waals surface area contributed by atoms with Crippen LogP contribution in [-0.2, 0) is 9.53 Å². The van der Waals surface area contributed by atoms with Gasteiger partial charge in [-0.15, -0.1) is 0 Å². The fraction of sp³-hybridized carbons (Fsp3) is 0.929. The van der Waals surface area contributed by atoms with Crippen LogP contribution in [0.3, 0.4) is 0 Å². The third-order valence-electron chi connectivity index (χ3n) is 3.86. The van der Waals surface area contributed by atoms with Gasteiger partial charge in [-0.25, -0.2) is 0 Å². The summed E-state index contributed by atoms with van der Waals surface area (Å²) in [7, 11) is 0. The summed E-state index contributed by atoms with van der Waals surface area (Å²) < 4.78 is 5.48. The first-order chi connectivity index (χ1) is 8.43. The van der Waals surface area contributed by atoms with E-state index in [4.69, 9.17) is 10.5 Å². The fourth-order valence-corrected chi connectivity index (χ4v) is 2.21. The van der Waals surface area contributed by atoms with Gasteiger partial charge in [0.1, 0.15) is 6.61 Å². The van der Waals surface area contributed by atoms with E-state index < -0.39 is 0 Å². The zero-order valence-electron chi connectivity index (χ0n) is 12.0. The number of rotatable bonds is 6. The van der Waals surface area contributed by atoms with E-state index in [1.54, 1.807) is 0 Å². The zero-order valence-corrected chi connectivity index (χ0v) is 12.0. The molecular weight excluding hydrogens is 228 g/mol. The van der Waals surface area contributed by atoms with Gasteiger partial charge in [0.05, 0.1) is 6.61 Å². The second kappa shape index (κ2) is 7.10. The lowest BCUT2D eigenvalue weighted by Gasteiger charge is -2.32. The van der Waals surface area contributed by atoms with Gasteiger partial charge >= 0.3 is 0 Å². The number of nitrogens with one attached hydrogen (secondary N) is 1. The van der Waals surface area contributed by atoms with Crippen LogP contribution in [0.4, 0.5) is 0 Å². The van der Waals surface area contributed by atoms with Crippen molar-refractivity contribution in [3.8, 4) is 0 Å². The van der Waals surface area contributed by atoms with Gasteiger partial charge in [0.15, 0.2) is 0 Å². The number of hydrogen-bond acceptors (Lipinski definition) is 3. The molecule has 1 unspecified atom stereocenters. The maximum atomic E-state index is 11.6. The van der Waals surface area contributed by atoms with Crippen molar-refractivity contribution in [3.05, 3.63) is 0 Å². The molecule has 1 fully saturated rings. The number of amides is 1. The second-order valence-electron chi connectivity index (χ2n) is 6.02. The summed E-state index contributed by atoms with van der Waals surface area (Å²) in [5.41, 5.74) is 6.03. The molecule has 1 saturated carbocycles. The van der Waals surface area contributed by atoms with Gasteiger partial charge in [0.25, 0.3) is 0 Å². The van der Waals surface area contributed by atoms with Crippen LogP contribution in [0.5, 0.6) is 0 Å². The first kappa shape index (κ1) is 15.4. The van der Waals surface area contributed by atoms with Gasteiger partial charge < -0.3 is 15.8 Å². The summed E-state index contributed by atoms with van der Waals surface area (Å²) in [5.74, 6) is 0.392. The van der Waals surface area contributed by atoms with E-state index in [0.29, 0.717) is 12.5 Å². The molecule has 1 rings (SSSR count). The predicted molar refractivity (Wildman–Crippen MR) is 73.3 cm³/mol. The molecule has 4 nitrogen and oxygen atoms in total. The highest BCUT2D eigenvalue weighted by molar-refractivity contribution is 5.77. The molecule has 1 aliphatic rings. The van der Waals surface area contributed by atoms with Crippen molar-refractivity contribution in [1.29, 1.82) is 0 Å². The van der Waals surface area contributed by atoms with Crippen molar-refractivity contribution in [1.82, 2.24) is 5.32 Å². The van der Waals surface area contributed by atoms with Gasteiger partial charge in [-0.05, 0) is 25.7 Å². The minimum absolute atomic E-state index is 0.0457. The molecule has 0 radical (unpaired) electrons. The smallest absolute Gasteiger partial charge is 0.246 e. The Kier molecular flexibility index (Phi) is 6.09. The SMILES string of the molecule is CC(C)C(C)NC(=O)COCC1(N)CCCCC1. The molecule has 0 aromatic carbocycles. The van der Waals surface area contributed by atoms with Crippen LogP contribution >= 0.6 is 0 Å². The summed E-state index contributed by atoms with van der Waals surface area (Å²) in [5, 5.41) is 2.92. The average molecular weight is 256 g/mol. The van der Waals surface area contributed by atoms with Crippen LogP contribution in [0.15, 0.2) is 0 Å². The molecule has 18 heavy (non-hydrogen) atoms. The van der Waals surface area contributed by atoms with Crippen molar-refractivity contribution in [2.75, 3.05) is 13.2 Å². The lowest BCUT2D eigenvalue weighted by molar-refractivity contribution is -0.127. The molecule has 0 aromatic rings. The zero-order chi connectivity index (χ0) is 13.6. The summed E-state index contributed by atoms with van der Waals surface area (Å²) in [6.07, 6.45) is 5.65. The summed E-state index contributed by atoms with van der Waals surface area (Å²) in [4.78, 5) is 11.6. The molecule has 106 valence electrons. The lowest BCUT2D eigenvalue weighted by Crippen LogP contribution is -2.47. The highest BCUT2D eigenvalue weighted by Gasteiger charge is 2.27. The van der Waals surface area contributed by atoms with Gasteiger partial charge in [0.2, 0.25) is 5.91 Å². The number of ether oxygens (including phenoxy) is 1. The molecule has 0 heterocycles. The number of hydrogen-bond donors (Lipinski definition) is 2. The molecule has 1 aliphatic carbocycles. The second-order valence-corrected chi connectivity index (χ2v) is 6.02. The van der Waals surface area contributed by atoms with E-state index in [2.05, 4.69) is 19.2 Å². The van der Waals surface area contributed by atoms with E-state index in [-0.39, 0.29) is 24.1 Å². The predicted octanol–water partition coefficient (Wildman–Crippen LogP) is 1.83. The Bertz CT molecular complexity index is 261. The standard InChI is InChI=1S/C14H28N2O2/c1-11(2)12(3)16-13(17)9-18-10-14(15)7-5-4-6-8-14/h11-12H,4-10,15H2,1-3H3,(H,16,17). The summed E-state index contributed by atoms with van der Waals surface area (Å²) in [6, 6.07) is 0.183. The molecule has 0 aromatic heterocycles. The maximum absolute atomic E-state index is 11.6. The summed E-state index contributed by atoms with van der Waals surface area (Å²) in [6.45, 7) is 6.80. The van der Waals surface area contributed by atoms with E-state index >= 15 is 0 Å². The van der Waals surface area contributed by atoms with Crippen LogP contribution in [0, 0.1) is 5.92 Å². The topological polar surface area (TPSA) is 64.3 Å². The van der Waals surface area contributed by atoms with Gasteiger partial charge in [-0.2, -0.15) is 0 Å². The third-order valence-corrected chi connectivity index (χ3v) is 3.86. The molecular formula is C14H28N2O2. The molecule has 4 heteroatoms. The fourth-order valence-electron chi connectivity index (χ4n) is 2.21. The summed E-state index contributed by atoms with van der Waals surface area (Å²) >= 11 is 0. The normalized spacial score (nSPS) is 20.7. The third kappa shape index (κ3) is 5.36. The number of carbonyl (C=O) groups is 1. The Labute approximate surface area is 111 Å². The first-order valence-corrected chi connectivity index (χ1v) is 7.09. The van der Waals surface area contributed by atoms with Gasteiger partial charge in [-0.1, -0.05) is 33.1 Å². The molecule has 0 bridgehead atoms. The molecule has 3 N–H and O–H groups in total. The lowest BCUT2D eigenvalue weighted by atomic mass is 9.83. The van der Waals surface area contributed by atoms with Crippen molar-refractivity contribution in [2.45, 2.75) is 64.5 Å². The highest BCUT2D eigenvalue weighted by atomic mass is 16.5. The number of carbonyl (C=O) groups excluding carboxylic acids is 1. The minimum Gasteiger partial charge on any atom is -0.370 e. The van der Waals surface area contributed by atoms with Gasteiger partial charge in [-0.3, -0.25) is 4.79 Å². The van der Waals surface area contributed by atoms with Crippen molar-refractivity contribution >= 4 is 5.91 Å². The molecule has 1 amide bonds. The van der Waals surface area contributed by atoms with Crippen LogP contribution in [0.1, 0.15) is 52.9 Å². The van der Waals surface area contributed by atoms with Crippen LogP contribution in [0.25, 0.3) is 0 Å². The van der Waals surface area contributed by atoms with Crippen LogP contribution in [-0.4, -0.2) is 30.7 Å². The largest absolute Gasteiger partial charge is 0.370 e. The van der Waals surface area contributed by atoms with Gasteiger partial charge in [0, 0.05) is 11.6 Å². The van der Waals surface area contributed by atoms with E-state index in [1.807, 2.05) is 6.92 Å². The molecule has 0 saturated heterocycles. The maximum Gasteiger partial charge on any atom is 0.246 e. The van der Waals surface area contributed by atoms with Crippen molar-refractivity contribution in [3.63, 3.8) is 0 Å². The van der Waals surface area contributed by atoms with Crippen LogP contribution in [0.2, 0.25) is 0 Å². The Balaban J connectivity index is 2.18. The Morgan fingerprint density at radius 1 is 1.28 bits per heavy atom. The first-order valence-electron chi connectivity index (χ1n) is 7.09. The minimum atomic E-state index is -0.206. The Morgan fingerprint density at radius 3 is 2.44 bits per heavy atom. The molecule has 0 aliphatic heterocycles. The van der Waals surface area contributed by atoms with Crippen molar-refractivity contribution < 1.29 is 9.53 Å². The quantitative estimate of drug-likeness (QED) is 0.762. The number of nitrogens with two attached hydrogens (primary N) is 1. The van der Waals surface area contributed by atoms with E-state index in [0.717, 1.165) is 12.8 Å². The molecule has 1 atom stereocenters. The Hall–Kier alpha value is -0.610. The van der Waals surface area contributed by atoms with E-state index in [1.165, 1.54) is 19.3 Å². The highest BCUT2D eigenvalue weighted by Crippen LogP contribution is 2.25. The monoisotopic (exact) mass is 256 g/mol. The average Bonchev–Trinajstić information content (AvgIpc) is 2.29. The van der Waals surface area contributed by atoms with Crippen molar-refractivity contribution in [2.24, 2.45) is 11.7 Å². The Morgan fingerprint density at radius 2 is 1.89 bits per heavy atom. The van der Waals surface area contributed by atoms with Crippen LogP contribution < -0.4 is 11.1 Å². The van der Waals surface area contributed by atoms with E-state index in [9.17, 15) is 4.79 Å².